The first-order valence-corrected chi connectivity index (χ1v) is 9.74. The van der Waals surface area contributed by atoms with Gasteiger partial charge in [0, 0.05) is 17.1 Å². The predicted octanol–water partition coefficient (Wildman–Crippen LogP) is 3.70. The Morgan fingerprint density at radius 2 is 1.90 bits per heavy atom. The molecule has 2 aromatic carbocycles. The van der Waals surface area contributed by atoms with E-state index in [1.54, 1.807) is 24.3 Å². The molecule has 0 saturated heterocycles. The molecule has 0 aliphatic rings. The topological polar surface area (TPSA) is 89.8 Å². The number of aromatic nitrogens is 4. The Labute approximate surface area is 173 Å². The number of hydrogen-bond donors (Lipinski definition) is 1. The third-order valence-electron chi connectivity index (χ3n) is 5.04. The first-order valence-electron chi connectivity index (χ1n) is 9.74. The lowest BCUT2D eigenvalue weighted by molar-refractivity contribution is 0.0932. The first-order chi connectivity index (χ1) is 14.6. The first kappa shape index (κ1) is 19.4. The maximum absolute atomic E-state index is 12.9. The Hall–Kier alpha value is -3.87. The Kier molecular flexibility index (Phi) is 5.34. The van der Waals surface area contributed by atoms with Crippen molar-refractivity contribution in [3.05, 3.63) is 89.6 Å². The SMILES string of the molecule is CCC(NC(=O)c1ccc2c(c1)c(C)nn2C(=O)c1ccncn1)c1ccccc1. The monoisotopic (exact) mass is 399 g/mol. The number of hydrogen-bond acceptors (Lipinski definition) is 5. The zero-order valence-electron chi connectivity index (χ0n) is 16.7. The fraction of sp³-hybridized carbons (Fsp3) is 0.174. The summed E-state index contributed by atoms with van der Waals surface area (Å²) in [4.78, 5) is 33.5. The van der Waals surface area contributed by atoms with E-state index in [4.69, 9.17) is 0 Å². The van der Waals surface area contributed by atoms with Gasteiger partial charge in [0.1, 0.15) is 12.0 Å². The summed E-state index contributed by atoms with van der Waals surface area (Å²) in [5, 5.41) is 8.20. The molecule has 0 saturated carbocycles. The highest BCUT2D eigenvalue weighted by Crippen LogP contribution is 2.22. The van der Waals surface area contributed by atoms with Crippen LogP contribution in [0.15, 0.2) is 67.1 Å². The van der Waals surface area contributed by atoms with Crippen molar-refractivity contribution in [3.63, 3.8) is 0 Å². The molecule has 1 atom stereocenters. The van der Waals surface area contributed by atoms with Crippen LogP contribution in [0.5, 0.6) is 0 Å². The number of amides is 1. The Morgan fingerprint density at radius 3 is 2.60 bits per heavy atom. The van der Waals surface area contributed by atoms with E-state index in [2.05, 4.69) is 20.4 Å². The summed E-state index contributed by atoms with van der Waals surface area (Å²) in [5.74, 6) is -0.510. The van der Waals surface area contributed by atoms with Gasteiger partial charge in [-0.25, -0.2) is 9.97 Å². The average molecular weight is 399 g/mol. The highest BCUT2D eigenvalue weighted by atomic mass is 16.2. The van der Waals surface area contributed by atoms with Crippen LogP contribution in [-0.4, -0.2) is 31.6 Å². The Morgan fingerprint density at radius 1 is 1.10 bits per heavy atom. The van der Waals surface area contributed by atoms with E-state index in [1.807, 2.05) is 44.2 Å². The second kappa shape index (κ2) is 8.24. The lowest BCUT2D eigenvalue weighted by Crippen LogP contribution is -2.28. The maximum atomic E-state index is 12.9. The molecule has 2 aromatic heterocycles. The van der Waals surface area contributed by atoms with E-state index >= 15 is 0 Å². The molecule has 0 aliphatic heterocycles. The number of carbonyl (C=O) groups excluding carboxylic acids is 2. The van der Waals surface area contributed by atoms with Crippen molar-refractivity contribution in [2.45, 2.75) is 26.3 Å². The van der Waals surface area contributed by atoms with Crippen LogP contribution in [0.4, 0.5) is 0 Å². The van der Waals surface area contributed by atoms with Gasteiger partial charge in [-0.15, -0.1) is 0 Å². The largest absolute Gasteiger partial charge is 0.345 e. The van der Waals surface area contributed by atoms with Crippen LogP contribution in [0.25, 0.3) is 10.9 Å². The van der Waals surface area contributed by atoms with E-state index in [-0.39, 0.29) is 23.6 Å². The number of nitrogens with zero attached hydrogens (tertiary/aromatic N) is 4. The number of carbonyl (C=O) groups is 2. The third-order valence-corrected chi connectivity index (χ3v) is 5.04. The predicted molar refractivity (Wildman–Crippen MR) is 113 cm³/mol. The summed E-state index contributed by atoms with van der Waals surface area (Å²) < 4.78 is 1.31. The Balaban J connectivity index is 1.63. The van der Waals surface area contributed by atoms with Crippen molar-refractivity contribution in [3.8, 4) is 0 Å². The summed E-state index contributed by atoms with van der Waals surface area (Å²) in [6.45, 7) is 3.85. The van der Waals surface area contributed by atoms with E-state index in [0.29, 0.717) is 16.8 Å². The molecule has 30 heavy (non-hydrogen) atoms. The van der Waals surface area contributed by atoms with Gasteiger partial charge in [-0.3, -0.25) is 9.59 Å². The molecule has 0 spiro atoms. The number of benzene rings is 2. The minimum absolute atomic E-state index is 0.0717. The molecule has 2 heterocycles. The molecule has 0 radical (unpaired) electrons. The molecule has 150 valence electrons. The summed E-state index contributed by atoms with van der Waals surface area (Å²) >= 11 is 0. The molecule has 4 rings (SSSR count). The van der Waals surface area contributed by atoms with Gasteiger partial charge in [0.2, 0.25) is 0 Å². The molecular formula is C23H21N5O2. The molecular weight excluding hydrogens is 378 g/mol. The summed E-state index contributed by atoms with van der Waals surface area (Å²) in [6, 6.07) is 16.6. The van der Waals surface area contributed by atoms with Crippen LogP contribution in [0, 0.1) is 6.92 Å². The van der Waals surface area contributed by atoms with Gasteiger partial charge in [0.25, 0.3) is 11.8 Å². The smallest absolute Gasteiger partial charge is 0.297 e. The van der Waals surface area contributed by atoms with Crippen molar-refractivity contribution >= 4 is 22.7 Å². The molecule has 4 aromatic rings. The Bertz CT molecular complexity index is 1200. The second-order valence-electron chi connectivity index (χ2n) is 6.97. The molecule has 1 amide bonds. The van der Waals surface area contributed by atoms with Crippen molar-refractivity contribution in [2.24, 2.45) is 0 Å². The standard InChI is InChI=1S/C23H21N5O2/c1-3-19(16-7-5-4-6-8-16)26-22(29)17-9-10-21-18(13-17)15(2)27-28(21)23(30)20-11-12-24-14-25-20/h4-14,19H,3H2,1-2H3,(H,26,29). The van der Waals surface area contributed by atoms with Crippen molar-refractivity contribution < 1.29 is 9.59 Å². The fourth-order valence-electron chi connectivity index (χ4n) is 3.44. The van der Waals surface area contributed by atoms with E-state index in [9.17, 15) is 9.59 Å². The highest BCUT2D eigenvalue weighted by molar-refractivity contribution is 6.03. The summed E-state index contributed by atoms with van der Waals surface area (Å²) in [5.41, 5.74) is 3.13. The third kappa shape index (κ3) is 3.69. The summed E-state index contributed by atoms with van der Waals surface area (Å²) in [6.07, 6.45) is 3.62. The molecule has 7 heteroatoms. The van der Waals surface area contributed by atoms with Gasteiger partial charge in [-0.2, -0.15) is 9.78 Å². The van der Waals surface area contributed by atoms with Gasteiger partial charge >= 0.3 is 0 Å². The van der Waals surface area contributed by atoms with E-state index < -0.39 is 0 Å². The van der Waals surface area contributed by atoms with Crippen LogP contribution in [0.2, 0.25) is 0 Å². The minimum atomic E-state index is -0.345. The number of fused-ring (bicyclic) bond motifs is 1. The van der Waals surface area contributed by atoms with Crippen molar-refractivity contribution in [1.29, 1.82) is 0 Å². The number of aryl methyl sites for hydroxylation is 1. The molecule has 0 bridgehead atoms. The average Bonchev–Trinajstić information content (AvgIpc) is 3.13. The minimum Gasteiger partial charge on any atom is -0.345 e. The maximum Gasteiger partial charge on any atom is 0.297 e. The zero-order valence-corrected chi connectivity index (χ0v) is 16.7. The van der Waals surface area contributed by atoms with Gasteiger partial charge in [-0.05, 0) is 43.2 Å². The lowest BCUT2D eigenvalue weighted by atomic mass is 10.0. The van der Waals surface area contributed by atoms with Gasteiger partial charge in [0.05, 0.1) is 17.3 Å². The van der Waals surface area contributed by atoms with E-state index in [0.717, 1.165) is 17.4 Å². The van der Waals surface area contributed by atoms with Crippen LogP contribution in [0.1, 0.15) is 51.5 Å². The quantitative estimate of drug-likeness (QED) is 0.553. The molecule has 0 aliphatic carbocycles. The lowest BCUT2D eigenvalue weighted by Gasteiger charge is -2.17. The molecule has 1 unspecified atom stereocenters. The number of rotatable bonds is 5. The summed E-state index contributed by atoms with van der Waals surface area (Å²) in [7, 11) is 0. The van der Waals surface area contributed by atoms with Gasteiger partial charge in [0.15, 0.2) is 0 Å². The fourth-order valence-corrected chi connectivity index (χ4v) is 3.44. The van der Waals surface area contributed by atoms with E-state index in [1.165, 1.54) is 17.2 Å². The van der Waals surface area contributed by atoms with Crippen LogP contribution in [-0.2, 0) is 0 Å². The molecule has 7 nitrogen and oxygen atoms in total. The van der Waals surface area contributed by atoms with Crippen LogP contribution < -0.4 is 5.32 Å². The zero-order chi connectivity index (χ0) is 21.1. The van der Waals surface area contributed by atoms with Crippen LogP contribution >= 0.6 is 0 Å². The molecule has 0 fully saturated rings. The van der Waals surface area contributed by atoms with Crippen molar-refractivity contribution in [1.82, 2.24) is 25.1 Å². The highest BCUT2D eigenvalue weighted by Gasteiger charge is 2.19. The van der Waals surface area contributed by atoms with Gasteiger partial charge in [-0.1, -0.05) is 37.3 Å². The second-order valence-corrected chi connectivity index (χ2v) is 6.97. The van der Waals surface area contributed by atoms with Gasteiger partial charge < -0.3 is 5.32 Å². The van der Waals surface area contributed by atoms with Crippen molar-refractivity contribution in [2.75, 3.05) is 0 Å². The molecule has 1 N–H and O–H groups in total. The van der Waals surface area contributed by atoms with Crippen LogP contribution in [0.3, 0.4) is 0 Å². The normalized spacial score (nSPS) is 11.9. The number of nitrogens with one attached hydrogen (secondary N) is 1.